The molecule has 2 amide bonds. The number of carboxylic acid groups (broad SMARTS) is 1. The van der Waals surface area contributed by atoms with Crippen LogP contribution in [0.2, 0.25) is 0 Å². The van der Waals surface area contributed by atoms with Crippen molar-refractivity contribution in [2.45, 2.75) is 57.3 Å². The first kappa shape index (κ1) is 23.0. The molecule has 3 heterocycles. The van der Waals surface area contributed by atoms with Gasteiger partial charge in [0.25, 0.3) is 0 Å². The van der Waals surface area contributed by atoms with Crippen LogP contribution < -0.4 is 0 Å². The Balaban J connectivity index is 1.88. The number of carbonyl (C=O) groups excluding carboxylic acids is 2. The first-order valence-electron chi connectivity index (χ1n) is 10.4. The molecule has 0 aromatic carbocycles. The Labute approximate surface area is 181 Å². The fraction of sp³-hybridized carbons (Fsp3) is 0.591. The van der Waals surface area contributed by atoms with Gasteiger partial charge in [0.2, 0.25) is 5.91 Å². The highest BCUT2D eigenvalue weighted by Gasteiger charge is 2.56. The highest BCUT2D eigenvalue weighted by atomic mass is 16.6. The number of methoxy groups -OCH3 is 1. The number of carboxylic acids is 1. The lowest BCUT2D eigenvalue weighted by atomic mass is 9.82. The van der Waals surface area contributed by atoms with Gasteiger partial charge in [0.05, 0.1) is 36.8 Å². The molecule has 9 heteroatoms. The Hall–Kier alpha value is -2.65. The smallest absolute Gasteiger partial charge is 0.410 e. The molecule has 9 nitrogen and oxygen atoms in total. The van der Waals surface area contributed by atoms with Gasteiger partial charge in [-0.15, -0.1) is 0 Å². The van der Waals surface area contributed by atoms with E-state index in [1.165, 1.54) is 11.0 Å². The van der Waals surface area contributed by atoms with E-state index >= 15 is 0 Å². The van der Waals surface area contributed by atoms with Crippen molar-refractivity contribution >= 4 is 18.0 Å². The molecule has 3 rings (SSSR count). The molecule has 0 radical (unpaired) electrons. The maximum Gasteiger partial charge on any atom is 0.410 e. The van der Waals surface area contributed by atoms with Gasteiger partial charge in [0.1, 0.15) is 12.3 Å². The summed E-state index contributed by atoms with van der Waals surface area (Å²) in [5, 5.41) is 19.7. The first-order chi connectivity index (χ1) is 14.7. The lowest BCUT2D eigenvalue weighted by Crippen LogP contribution is -2.61. The fourth-order valence-corrected chi connectivity index (χ4v) is 4.93. The van der Waals surface area contributed by atoms with Crippen LogP contribution in [0.25, 0.3) is 0 Å². The maximum absolute atomic E-state index is 12.6. The second kappa shape index (κ2) is 9.23. The van der Waals surface area contributed by atoms with Gasteiger partial charge in [0.15, 0.2) is 0 Å². The number of aliphatic hydroxyl groups excluding tert-OH is 1. The number of amides is 2. The molecular formula is C22H30N2O7. The van der Waals surface area contributed by atoms with Gasteiger partial charge < -0.3 is 24.6 Å². The van der Waals surface area contributed by atoms with E-state index in [-0.39, 0.29) is 36.3 Å². The molecule has 0 saturated carbocycles. The summed E-state index contributed by atoms with van der Waals surface area (Å²) in [6.07, 6.45) is 3.84. The maximum atomic E-state index is 12.6. The lowest BCUT2D eigenvalue weighted by Gasteiger charge is -2.44. The van der Waals surface area contributed by atoms with Crippen LogP contribution in [0.5, 0.6) is 0 Å². The van der Waals surface area contributed by atoms with E-state index in [4.69, 9.17) is 9.47 Å². The van der Waals surface area contributed by atoms with Gasteiger partial charge in [0, 0.05) is 7.11 Å². The number of hydrogen-bond donors (Lipinski definition) is 2. The zero-order chi connectivity index (χ0) is 22.9. The summed E-state index contributed by atoms with van der Waals surface area (Å²) in [6, 6.07) is -0.777. The standard InChI is InChI=1S/C22H30N2O7/c1-5-8-31-22(29)23-14(6-7-15(23)11-30-4)9-12(2)16-10-17-18(13(3)25)20(26)24(17)19(16)21(27)28/h5,9,13-15,17-18,25H,1,6-8,10-11H2,2-4H3,(H,27,28)/b12-9+/t13-,14?,15?,17-,18-/m1/s1. The molecule has 0 bridgehead atoms. The average molecular weight is 434 g/mol. The van der Waals surface area contributed by atoms with E-state index in [1.54, 1.807) is 25.9 Å². The van der Waals surface area contributed by atoms with Crippen LogP contribution in [0.15, 0.2) is 35.6 Å². The van der Waals surface area contributed by atoms with Crippen LogP contribution in [0.4, 0.5) is 4.79 Å². The van der Waals surface area contributed by atoms with Crippen molar-refractivity contribution in [2.75, 3.05) is 20.3 Å². The predicted molar refractivity (Wildman–Crippen MR) is 111 cm³/mol. The van der Waals surface area contributed by atoms with E-state index in [9.17, 15) is 24.6 Å². The van der Waals surface area contributed by atoms with Crippen molar-refractivity contribution in [3.8, 4) is 0 Å². The minimum absolute atomic E-state index is 0.0344. The van der Waals surface area contributed by atoms with Crippen molar-refractivity contribution in [1.82, 2.24) is 9.80 Å². The zero-order valence-electron chi connectivity index (χ0n) is 18.1. The van der Waals surface area contributed by atoms with Crippen LogP contribution >= 0.6 is 0 Å². The number of fused-ring (bicyclic) bond motifs is 1. The summed E-state index contributed by atoms with van der Waals surface area (Å²) in [4.78, 5) is 39.9. The molecule has 3 aliphatic heterocycles. The largest absolute Gasteiger partial charge is 0.477 e. The van der Waals surface area contributed by atoms with Gasteiger partial charge in [-0.1, -0.05) is 18.7 Å². The number of nitrogens with zero attached hydrogens (tertiary/aromatic N) is 2. The summed E-state index contributed by atoms with van der Waals surface area (Å²) >= 11 is 0. The summed E-state index contributed by atoms with van der Waals surface area (Å²) < 4.78 is 10.5. The molecule has 0 spiro atoms. The summed E-state index contributed by atoms with van der Waals surface area (Å²) in [5.41, 5.74) is 1.23. The lowest BCUT2D eigenvalue weighted by molar-refractivity contribution is -0.161. The van der Waals surface area contributed by atoms with Crippen LogP contribution in [0, 0.1) is 5.92 Å². The Morgan fingerprint density at radius 1 is 1.35 bits per heavy atom. The van der Waals surface area contributed by atoms with E-state index in [1.807, 2.05) is 6.08 Å². The Bertz CT molecular complexity index is 832. The third kappa shape index (κ3) is 4.12. The van der Waals surface area contributed by atoms with Gasteiger partial charge in [-0.3, -0.25) is 9.69 Å². The van der Waals surface area contributed by atoms with E-state index < -0.39 is 24.1 Å². The summed E-state index contributed by atoms with van der Waals surface area (Å²) in [6.45, 7) is 7.36. The Morgan fingerprint density at radius 2 is 2.06 bits per heavy atom. The van der Waals surface area contributed by atoms with Crippen LogP contribution in [0.3, 0.4) is 0 Å². The minimum Gasteiger partial charge on any atom is -0.477 e. The SMILES string of the molecule is C=CCOC(=O)N1C(/C=C(\C)C2=C(C(=O)O)N3C(=O)[C@H]([C@@H](C)O)[C@H]3C2)CCC1COC. The summed E-state index contributed by atoms with van der Waals surface area (Å²) in [7, 11) is 1.57. The number of carbonyl (C=O) groups is 3. The fourth-order valence-electron chi connectivity index (χ4n) is 4.93. The van der Waals surface area contributed by atoms with Crippen LogP contribution in [-0.2, 0) is 19.1 Å². The third-order valence-electron chi connectivity index (χ3n) is 6.29. The van der Waals surface area contributed by atoms with Gasteiger partial charge >= 0.3 is 12.1 Å². The normalized spacial score (nSPS) is 29.0. The highest BCUT2D eigenvalue weighted by molar-refractivity contribution is 6.00. The van der Waals surface area contributed by atoms with Crippen LogP contribution in [-0.4, -0.2) is 82.5 Å². The van der Waals surface area contributed by atoms with Crippen molar-refractivity contribution in [1.29, 1.82) is 0 Å². The van der Waals surface area contributed by atoms with E-state index in [2.05, 4.69) is 6.58 Å². The number of allylic oxidation sites excluding steroid dienone is 1. The highest BCUT2D eigenvalue weighted by Crippen LogP contribution is 2.46. The van der Waals surface area contributed by atoms with Crippen molar-refractivity contribution in [3.05, 3.63) is 35.6 Å². The molecule has 0 aromatic heterocycles. The number of aliphatic carboxylic acids is 1. The van der Waals surface area contributed by atoms with Gasteiger partial charge in [-0.05, 0) is 44.3 Å². The van der Waals surface area contributed by atoms with E-state index in [0.29, 0.717) is 30.6 Å². The molecule has 2 N–H and O–H groups in total. The minimum atomic E-state index is -1.17. The molecule has 2 saturated heterocycles. The quantitative estimate of drug-likeness (QED) is 0.441. The predicted octanol–water partition coefficient (Wildman–Crippen LogP) is 1.68. The third-order valence-corrected chi connectivity index (χ3v) is 6.29. The number of aliphatic hydroxyl groups is 1. The van der Waals surface area contributed by atoms with E-state index in [0.717, 1.165) is 6.42 Å². The number of ether oxygens (including phenoxy) is 2. The molecule has 3 aliphatic rings. The Morgan fingerprint density at radius 3 is 2.65 bits per heavy atom. The first-order valence-corrected chi connectivity index (χ1v) is 10.4. The van der Waals surface area contributed by atoms with Crippen molar-refractivity contribution < 1.29 is 34.1 Å². The number of rotatable bonds is 8. The van der Waals surface area contributed by atoms with Gasteiger partial charge in [-0.2, -0.15) is 0 Å². The molecule has 0 aromatic rings. The molecule has 31 heavy (non-hydrogen) atoms. The molecular weight excluding hydrogens is 404 g/mol. The average Bonchev–Trinajstić information content (AvgIpc) is 3.25. The number of likely N-dealkylation sites (tertiary alicyclic amines) is 1. The Kier molecular flexibility index (Phi) is 6.86. The number of hydrogen-bond acceptors (Lipinski definition) is 6. The molecule has 170 valence electrons. The van der Waals surface area contributed by atoms with Crippen molar-refractivity contribution in [2.24, 2.45) is 5.92 Å². The van der Waals surface area contributed by atoms with Crippen molar-refractivity contribution in [3.63, 3.8) is 0 Å². The molecule has 0 aliphatic carbocycles. The second-order valence-electron chi connectivity index (χ2n) is 8.25. The zero-order valence-corrected chi connectivity index (χ0v) is 18.1. The molecule has 2 unspecified atom stereocenters. The number of β-lactam (4-membered cyclic amide) rings is 1. The topological polar surface area (TPSA) is 117 Å². The summed E-state index contributed by atoms with van der Waals surface area (Å²) in [5.74, 6) is -2.13. The molecule has 2 fully saturated rings. The van der Waals surface area contributed by atoms with Gasteiger partial charge in [-0.25, -0.2) is 9.59 Å². The molecule has 5 atom stereocenters. The second-order valence-corrected chi connectivity index (χ2v) is 8.25. The monoisotopic (exact) mass is 434 g/mol. The van der Waals surface area contributed by atoms with Crippen LogP contribution in [0.1, 0.15) is 33.1 Å².